The van der Waals surface area contributed by atoms with E-state index in [0.717, 1.165) is 31.0 Å². The van der Waals surface area contributed by atoms with Crippen molar-refractivity contribution in [2.24, 2.45) is 5.14 Å². The topological polar surface area (TPSA) is 140 Å². The summed E-state index contributed by atoms with van der Waals surface area (Å²) in [4.78, 5) is 12.4. The molecule has 0 aliphatic heterocycles. The number of rotatable bonds is 9. The first kappa shape index (κ1) is 22.4. The fourth-order valence-corrected chi connectivity index (χ4v) is 4.52. The molecule has 3 rings (SSSR count). The Morgan fingerprint density at radius 3 is 2.47 bits per heavy atom. The Bertz CT molecular complexity index is 937. The molecule has 0 radical (unpaired) electrons. The first-order chi connectivity index (χ1) is 14.1. The first-order valence-corrected chi connectivity index (χ1v) is 11.4. The van der Waals surface area contributed by atoms with Crippen LogP contribution in [0, 0.1) is 21.4 Å². The summed E-state index contributed by atoms with van der Waals surface area (Å²) in [6.07, 6.45) is 4.47. The number of nitro benzene ring substituents is 1. The summed E-state index contributed by atoms with van der Waals surface area (Å²) in [5, 5.41) is 25.1. The van der Waals surface area contributed by atoms with Crippen molar-refractivity contribution in [1.29, 1.82) is 5.26 Å². The van der Waals surface area contributed by atoms with E-state index in [9.17, 15) is 18.5 Å². The van der Waals surface area contributed by atoms with Crippen LogP contribution in [0.15, 0.2) is 23.1 Å². The Labute approximate surface area is 174 Å². The number of nitro groups is 1. The molecule has 0 atom stereocenters. The third-order valence-corrected chi connectivity index (χ3v) is 6.67. The lowest BCUT2D eigenvalue weighted by Crippen LogP contribution is -2.45. The minimum Gasteiger partial charge on any atom is -0.483 e. The highest BCUT2D eigenvalue weighted by Gasteiger charge is 2.41. The first-order valence-electron chi connectivity index (χ1n) is 9.89. The van der Waals surface area contributed by atoms with Crippen molar-refractivity contribution in [3.05, 3.63) is 28.3 Å². The highest BCUT2D eigenvalue weighted by Crippen LogP contribution is 2.39. The van der Waals surface area contributed by atoms with Crippen molar-refractivity contribution in [2.45, 2.75) is 67.6 Å². The maximum atomic E-state index is 15.3. The number of nitriles is 1. The van der Waals surface area contributed by atoms with Crippen LogP contribution in [0.4, 0.5) is 10.1 Å². The number of hydrogen-bond donors (Lipinski definition) is 1. The van der Waals surface area contributed by atoms with Crippen molar-refractivity contribution in [1.82, 2.24) is 4.90 Å². The SMILES string of the molecule is N#CCCN(C1CC1)C1CCC(F)(COc2ccc(S(N)(=O)=O)cc2[N+](=O)[O-])CC1. The van der Waals surface area contributed by atoms with Gasteiger partial charge in [0.2, 0.25) is 10.0 Å². The van der Waals surface area contributed by atoms with Crippen LogP contribution in [0.2, 0.25) is 0 Å². The molecular weight excluding hydrogens is 415 g/mol. The van der Waals surface area contributed by atoms with E-state index in [1.807, 2.05) is 0 Å². The quantitative estimate of drug-likeness (QED) is 0.460. The zero-order valence-corrected chi connectivity index (χ0v) is 17.3. The number of nitrogens with two attached hydrogens (primary N) is 1. The van der Waals surface area contributed by atoms with E-state index >= 15 is 4.39 Å². The van der Waals surface area contributed by atoms with Gasteiger partial charge in [0, 0.05) is 31.1 Å². The largest absolute Gasteiger partial charge is 0.483 e. The van der Waals surface area contributed by atoms with E-state index in [2.05, 4.69) is 11.0 Å². The number of benzene rings is 1. The zero-order chi connectivity index (χ0) is 21.9. The lowest BCUT2D eigenvalue weighted by molar-refractivity contribution is -0.386. The fraction of sp³-hybridized carbons (Fsp3) is 0.632. The molecule has 9 nitrogen and oxygen atoms in total. The van der Waals surface area contributed by atoms with E-state index in [-0.39, 0.29) is 31.2 Å². The van der Waals surface area contributed by atoms with Gasteiger partial charge in [-0.05, 0) is 50.7 Å². The molecule has 2 fully saturated rings. The molecule has 11 heteroatoms. The maximum Gasteiger partial charge on any atom is 0.312 e. The predicted octanol–water partition coefficient (Wildman–Crippen LogP) is 2.65. The number of hydrogen-bond acceptors (Lipinski definition) is 7. The molecule has 0 spiro atoms. The molecule has 2 aliphatic rings. The van der Waals surface area contributed by atoms with Gasteiger partial charge in [0.15, 0.2) is 5.75 Å². The molecule has 2 saturated carbocycles. The highest BCUT2D eigenvalue weighted by molar-refractivity contribution is 7.89. The average molecular weight is 440 g/mol. The summed E-state index contributed by atoms with van der Waals surface area (Å²) in [6, 6.07) is 5.94. The van der Waals surface area contributed by atoms with Crippen LogP contribution in [0.1, 0.15) is 44.9 Å². The summed E-state index contributed by atoms with van der Waals surface area (Å²) in [7, 11) is -4.11. The van der Waals surface area contributed by atoms with Crippen molar-refractivity contribution in [3.8, 4) is 11.8 Å². The minimum absolute atomic E-state index is 0.194. The average Bonchev–Trinajstić information content (AvgIpc) is 3.52. The Balaban J connectivity index is 1.62. The molecule has 0 amide bonds. The van der Waals surface area contributed by atoms with Gasteiger partial charge in [-0.1, -0.05) is 0 Å². The molecule has 1 aromatic rings. The van der Waals surface area contributed by atoms with Crippen molar-refractivity contribution < 1.29 is 22.5 Å². The third-order valence-electron chi connectivity index (χ3n) is 5.76. The second kappa shape index (κ2) is 8.83. The normalized spacial score (nSPS) is 24.4. The molecule has 2 N–H and O–H groups in total. The Kier molecular flexibility index (Phi) is 6.59. The molecule has 0 saturated heterocycles. The summed E-state index contributed by atoms with van der Waals surface area (Å²) >= 11 is 0. The second-order valence-electron chi connectivity index (χ2n) is 7.98. The smallest absolute Gasteiger partial charge is 0.312 e. The Morgan fingerprint density at radius 1 is 1.30 bits per heavy atom. The van der Waals surface area contributed by atoms with Crippen LogP contribution in [-0.4, -0.2) is 49.1 Å². The minimum atomic E-state index is -4.11. The molecular formula is C19H25FN4O5S. The van der Waals surface area contributed by atoms with Gasteiger partial charge in [-0.25, -0.2) is 17.9 Å². The summed E-state index contributed by atoms with van der Waals surface area (Å²) < 4.78 is 43.5. The molecule has 2 aliphatic carbocycles. The number of nitrogens with zero attached hydrogens (tertiary/aromatic N) is 3. The number of ether oxygens (including phenoxy) is 1. The van der Waals surface area contributed by atoms with Crippen molar-refractivity contribution in [2.75, 3.05) is 13.2 Å². The lowest BCUT2D eigenvalue weighted by Gasteiger charge is -2.39. The van der Waals surface area contributed by atoms with Gasteiger partial charge in [0.25, 0.3) is 0 Å². The highest BCUT2D eigenvalue weighted by atomic mass is 32.2. The maximum absolute atomic E-state index is 15.3. The Hall–Kier alpha value is -2.29. The van der Waals surface area contributed by atoms with E-state index in [4.69, 9.17) is 15.1 Å². The van der Waals surface area contributed by atoms with Gasteiger partial charge < -0.3 is 4.74 Å². The van der Waals surface area contributed by atoms with E-state index in [1.54, 1.807) is 0 Å². The number of alkyl halides is 1. The van der Waals surface area contributed by atoms with Crippen LogP contribution in [-0.2, 0) is 10.0 Å². The number of sulfonamides is 1. The molecule has 1 aromatic carbocycles. The molecule has 30 heavy (non-hydrogen) atoms. The molecule has 0 aromatic heterocycles. The van der Waals surface area contributed by atoms with Gasteiger partial charge in [-0.15, -0.1) is 0 Å². The zero-order valence-electron chi connectivity index (χ0n) is 16.5. The van der Waals surface area contributed by atoms with Crippen molar-refractivity contribution in [3.63, 3.8) is 0 Å². The van der Waals surface area contributed by atoms with Crippen LogP contribution in [0.5, 0.6) is 5.75 Å². The van der Waals surface area contributed by atoms with Crippen LogP contribution in [0.3, 0.4) is 0 Å². The van der Waals surface area contributed by atoms with Gasteiger partial charge in [0.1, 0.15) is 12.3 Å². The molecule has 0 unspecified atom stereocenters. The predicted molar refractivity (Wildman–Crippen MR) is 106 cm³/mol. The van der Waals surface area contributed by atoms with Gasteiger partial charge in [-0.2, -0.15) is 5.26 Å². The lowest BCUT2D eigenvalue weighted by atomic mass is 9.83. The van der Waals surface area contributed by atoms with Crippen LogP contribution < -0.4 is 9.88 Å². The van der Waals surface area contributed by atoms with Crippen molar-refractivity contribution >= 4 is 15.7 Å². The standard InChI is InChI=1S/C19H25FN4O5S/c20-19(8-6-15(7-9-19)23(11-1-10-21)14-2-3-14)13-29-18-5-4-16(30(22,27)28)12-17(18)24(25)26/h4-5,12,14-15H,1-3,6-9,11,13H2,(H2,22,27,28). The van der Waals surface area contributed by atoms with E-state index in [0.29, 0.717) is 31.8 Å². The van der Waals surface area contributed by atoms with Gasteiger partial charge in [-0.3, -0.25) is 15.0 Å². The summed E-state index contributed by atoms with van der Waals surface area (Å²) in [5.74, 6) is -0.194. The number of halogens is 1. The van der Waals surface area contributed by atoms with E-state index < -0.39 is 31.2 Å². The van der Waals surface area contributed by atoms with Gasteiger partial charge >= 0.3 is 5.69 Å². The summed E-state index contributed by atoms with van der Waals surface area (Å²) in [6.45, 7) is 0.348. The molecule has 0 heterocycles. The monoisotopic (exact) mass is 440 g/mol. The fourth-order valence-electron chi connectivity index (χ4n) is 3.99. The second-order valence-corrected chi connectivity index (χ2v) is 9.54. The molecule has 164 valence electrons. The van der Waals surface area contributed by atoms with E-state index in [1.165, 1.54) is 0 Å². The van der Waals surface area contributed by atoms with Crippen LogP contribution >= 0.6 is 0 Å². The van der Waals surface area contributed by atoms with Crippen LogP contribution in [0.25, 0.3) is 0 Å². The summed E-state index contributed by atoms with van der Waals surface area (Å²) in [5.41, 5.74) is -2.19. The number of primary sulfonamides is 1. The third kappa shape index (κ3) is 5.44. The van der Waals surface area contributed by atoms with Gasteiger partial charge in [0.05, 0.1) is 15.9 Å². The Morgan fingerprint density at radius 2 is 1.93 bits per heavy atom. The molecule has 0 bridgehead atoms.